The third-order valence-corrected chi connectivity index (χ3v) is 10.7. The monoisotopic (exact) mass is 412 g/mol. The molecule has 31 heavy (non-hydrogen) atoms. The molecular weight excluding hydrogens is 384 g/mol. The Balaban J connectivity index is 0.998. The number of aliphatic hydroxyl groups excluding tert-OH is 1. The number of anilines is 1. The molecule has 2 aromatic carbocycles. The van der Waals surface area contributed by atoms with Crippen molar-refractivity contribution in [1.82, 2.24) is 5.32 Å². The van der Waals surface area contributed by atoms with Crippen LogP contribution in [0.3, 0.4) is 0 Å². The van der Waals surface area contributed by atoms with Gasteiger partial charge in [0.05, 0.1) is 5.41 Å². The maximum absolute atomic E-state index is 13.3. The fourth-order valence-corrected chi connectivity index (χ4v) is 9.64. The summed E-state index contributed by atoms with van der Waals surface area (Å²) in [7, 11) is 0. The molecule has 1 saturated heterocycles. The first-order chi connectivity index (χ1) is 15.2. The lowest BCUT2D eigenvalue weighted by molar-refractivity contribution is -0.643. The third kappa shape index (κ3) is 1.63. The van der Waals surface area contributed by atoms with Gasteiger partial charge in [0.2, 0.25) is 5.91 Å². The van der Waals surface area contributed by atoms with Crippen molar-refractivity contribution in [2.45, 2.75) is 18.8 Å². The molecule has 0 unspecified atom stereocenters. The number of piperidine rings is 1. The SMILES string of the molecule is O=C(Nc1cccc(-c2ccc(C3CCNCC3)cc2)c1)C12C3C4C1C1C2C3C41CO. The molecule has 0 aromatic heterocycles. The zero-order chi connectivity index (χ0) is 20.5. The van der Waals surface area contributed by atoms with Gasteiger partial charge in [-0.25, -0.2) is 0 Å². The van der Waals surface area contributed by atoms with E-state index in [1.54, 1.807) is 0 Å². The molecule has 1 heterocycles. The summed E-state index contributed by atoms with van der Waals surface area (Å²) in [5, 5.41) is 16.5. The number of hydrogen-bond donors (Lipinski definition) is 3. The molecule has 4 nitrogen and oxygen atoms in total. The van der Waals surface area contributed by atoms with E-state index in [-0.39, 0.29) is 16.7 Å². The first-order valence-corrected chi connectivity index (χ1v) is 12.1. The van der Waals surface area contributed by atoms with Gasteiger partial charge in [-0.15, -0.1) is 0 Å². The molecule has 1 amide bonds. The normalized spacial score (nSPS) is 44.7. The van der Waals surface area contributed by atoms with E-state index in [9.17, 15) is 9.90 Å². The largest absolute Gasteiger partial charge is 0.396 e. The predicted molar refractivity (Wildman–Crippen MR) is 118 cm³/mol. The number of carbonyl (C=O) groups is 1. The summed E-state index contributed by atoms with van der Waals surface area (Å²) in [6.45, 7) is 2.58. The van der Waals surface area contributed by atoms with Gasteiger partial charge >= 0.3 is 0 Å². The van der Waals surface area contributed by atoms with Crippen LogP contribution in [-0.2, 0) is 4.79 Å². The van der Waals surface area contributed by atoms with Gasteiger partial charge in [-0.1, -0.05) is 36.4 Å². The fraction of sp³-hybridized carbons (Fsp3) is 0.519. The van der Waals surface area contributed by atoms with E-state index in [1.165, 1.54) is 24.0 Å². The molecule has 6 aliphatic carbocycles. The third-order valence-electron chi connectivity index (χ3n) is 10.7. The Morgan fingerprint density at radius 2 is 1.61 bits per heavy atom. The van der Waals surface area contributed by atoms with E-state index in [2.05, 4.69) is 47.0 Å². The number of hydrogen-bond acceptors (Lipinski definition) is 3. The summed E-state index contributed by atoms with van der Waals surface area (Å²) in [5.74, 6) is 4.62. The average Bonchev–Trinajstić information content (AvgIpc) is 2.84. The zero-order valence-corrected chi connectivity index (χ0v) is 17.6. The van der Waals surface area contributed by atoms with Crippen molar-refractivity contribution in [2.75, 3.05) is 25.0 Å². The molecule has 158 valence electrons. The molecule has 0 atom stereocenters. The minimum absolute atomic E-state index is 0.0660. The second kappa shape index (κ2) is 5.41. The molecule has 9 rings (SSSR count). The van der Waals surface area contributed by atoms with E-state index in [0.717, 1.165) is 24.3 Å². The minimum Gasteiger partial charge on any atom is -0.396 e. The summed E-state index contributed by atoms with van der Waals surface area (Å²) in [4.78, 5) is 13.3. The second-order valence-electron chi connectivity index (χ2n) is 11.0. The Morgan fingerprint density at radius 3 is 2.26 bits per heavy atom. The Morgan fingerprint density at radius 1 is 0.935 bits per heavy atom. The van der Waals surface area contributed by atoms with Gasteiger partial charge in [-0.2, -0.15) is 0 Å². The molecule has 6 saturated carbocycles. The van der Waals surface area contributed by atoms with Crippen molar-refractivity contribution in [3.05, 3.63) is 54.1 Å². The van der Waals surface area contributed by atoms with Gasteiger partial charge in [-0.05, 0) is 96.2 Å². The van der Waals surface area contributed by atoms with Crippen LogP contribution < -0.4 is 10.6 Å². The van der Waals surface area contributed by atoms with Crippen LogP contribution in [0.1, 0.15) is 24.3 Å². The van der Waals surface area contributed by atoms with Crippen molar-refractivity contribution in [1.29, 1.82) is 0 Å². The predicted octanol–water partition coefficient (Wildman–Crippen LogP) is 3.49. The molecular formula is C27H28N2O2. The Labute approximate surface area is 182 Å². The van der Waals surface area contributed by atoms with Crippen LogP contribution in [0.4, 0.5) is 5.69 Å². The first-order valence-electron chi connectivity index (χ1n) is 12.1. The lowest BCUT2D eigenvalue weighted by Crippen LogP contribution is -3.11. The lowest BCUT2D eigenvalue weighted by atomic mass is 8.92. The summed E-state index contributed by atoms with van der Waals surface area (Å²) in [6.07, 6.45) is 2.43. The van der Waals surface area contributed by atoms with Crippen LogP contribution >= 0.6 is 0 Å². The molecule has 0 radical (unpaired) electrons. The molecule has 1 aliphatic heterocycles. The molecule has 2 aromatic rings. The van der Waals surface area contributed by atoms with Crippen molar-refractivity contribution in [3.8, 4) is 11.1 Å². The van der Waals surface area contributed by atoms with Crippen LogP contribution in [0.2, 0.25) is 0 Å². The Hall–Kier alpha value is -2.17. The number of amides is 1. The second-order valence-corrected chi connectivity index (χ2v) is 11.0. The fourth-order valence-electron chi connectivity index (χ4n) is 9.64. The molecule has 0 spiro atoms. The highest BCUT2D eigenvalue weighted by Crippen LogP contribution is 3.10. The highest BCUT2D eigenvalue weighted by Gasteiger charge is 3.11. The quantitative estimate of drug-likeness (QED) is 0.705. The summed E-state index contributed by atoms with van der Waals surface area (Å²) in [6, 6.07) is 17.3. The minimum atomic E-state index is -0.0660. The number of rotatable bonds is 5. The summed E-state index contributed by atoms with van der Waals surface area (Å²) < 4.78 is 0. The van der Waals surface area contributed by atoms with E-state index < -0.39 is 0 Å². The topological polar surface area (TPSA) is 61.4 Å². The van der Waals surface area contributed by atoms with Crippen LogP contribution in [-0.4, -0.2) is 30.7 Å². The van der Waals surface area contributed by atoms with E-state index in [1.807, 2.05) is 12.1 Å². The number of nitrogens with one attached hydrogen (secondary N) is 2. The van der Waals surface area contributed by atoms with E-state index >= 15 is 0 Å². The maximum Gasteiger partial charge on any atom is 0.231 e. The van der Waals surface area contributed by atoms with Crippen molar-refractivity contribution < 1.29 is 9.90 Å². The standard InChI is InChI=1S/C27H28N2O2/c30-13-26-19-22-20(26)24-21(26)23(19)27(22,24)25(31)29-18-3-1-2-17(12-18)15-6-4-14(5-7-15)16-8-10-28-11-9-16/h1-7,12,16,19-24,28,30H,8-11,13H2,(H,29,31). The summed E-state index contributed by atoms with van der Waals surface area (Å²) >= 11 is 0. The van der Waals surface area contributed by atoms with E-state index in [0.29, 0.717) is 48.0 Å². The maximum atomic E-state index is 13.3. The highest BCUT2D eigenvalue weighted by molar-refractivity contribution is 6.01. The van der Waals surface area contributed by atoms with Crippen LogP contribution in [0, 0.1) is 46.3 Å². The zero-order valence-electron chi connectivity index (χ0n) is 17.6. The Bertz CT molecular complexity index is 1060. The molecule has 4 heteroatoms. The number of aliphatic hydroxyl groups is 1. The van der Waals surface area contributed by atoms with Crippen LogP contribution in [0.15, 0.2) is 48.5 Å². The molecule has 3 N–H and O–H groups in total. The molecule has 7 aliphatic rings. The summed E-state index contributed by atoms with van der Waals surface area (Å²) in [5.41, 5.74) is 4.91. The van der Waals surface area contributed by atoms with Gasteiger partial charge in [0.25, 0.3) is 0 Å². The van der Waals surface area contributed by atoms with Gasteiger partial charge in [0, 0.05) is 17.7 Å². The van der Waals surface area contributed by atoms with Gasteiger partial charge in [0.1, 0.15) is 0 Å². The van der Waals surface area contributed by atoms with E-state index in [4.69, 9.17) is 0 Å². The van der Waals surface area contributed by atoms with Crippen LogP contribution in [0.25, 0.3) is 11.1 Å². The van der Waals surface area contributed by atoms with Crippen molar-refractivity contribution in [3.63, 3.8) is 0 Å². The Kier molecular flexibility index (Phi) is 3.04. The van der Waals surface area contributed by atoms with Gasteiger partial charge in [0.15, 0.2) is 0 Å². The van der Waals surface area contributed by atoms with Gasteiger partial charge < -0.3 is 15.7 Å². The van der Waals surface area contributed by atoms with Crippen molar-refractivity contribution in [2.24, 2.45) is 46.3 Å². The number of carbonyl (C=O) groups excluding carboxylic acids is 1. The molecule has 7 fully saturated rings. The highest BCUT2D eigenvalue weighted by atomic mass is 16.3. The van der Waals surface area contributed by atoms with Gasteiger partial charge in [-0.3, -0.25) is 4.79 Å². The smallest absolute Gasteiger partial charge is 0.231 e. The average molecular weight is 413 g/mol. The van der Waals surface area contributed by atoms with Crippen molar-refractivity contribution >= 4 is 11.6 Å². The number of benzene rings is 2. The van der Waals surface area contributed by atoms with Crippen LogP contribution in [0.5, 0.6) is 0 Å². The molecule has 0 bridgehead atoms. The first kappa shape index (κ1) is 17.4. The lowest BCUT2D eigenvalue weighted by Gasteiger charge is -3.10.